The van der Waals surface area contributed by atoms with Crippen LogP contribution in [0.25, 0.3) is 0 Å². The van der Waals surface area contributed by atoms with E-state index in [1.165, 1.54) is 11.1 Å². The van der Waals surface area contributed by atoms with Gasteiger partial charge in [0, 0.05) is 51.4 Å². The molecular formula is C26H29F6N3O6. The number of piperidine rings is 1. The third-order valence-corrected chi connectivity index (χ3v) is 6.42. The summed E-state index contributed by atoms with van der Waals surface area (Å²) >= 11 is 0. The number of pyridine rings is 1. The number of hydrogen-bond donors (Lipinski definition) is 3. The first-order valence-corrected chi connectivity index (χ1v) is 12.3. The Hall–Kier alpha value is -3.88. The normalized spacial score (nSPS) is 17.9. The van der Waals surface area contributed by atoms with E-state index in [0.717, 1.165) is 44.6 Å². The van der Waals surface area contributed by atoms with Crippen LogP contribution in [0.2, 0.25) is 0 Å². The molecule has 1 aromatic heterocycles. The first-order chi connectivity index (χ1) is 19.1. The predicted molar refractivity (Wildman–Crippen MR) is 132 cm³/mol. The highest BCUT2D eigenvalue weighted by atomic mass is 19.4. The van der Waals surface area contributed by atoms with Gasteiger partial charge in [0.2, 0.25) is 5.91 Å². The van der Waals surface area contributed by atoms with E-state index in [1.54, 1.807) is 7.05 Å². The number of likely N-dealkylation sites (tertiary alicyclic amines) is 1. The molecule has 0 aliphatic carbocycles. The Morgan fingerprint density at radius 2 is 1.49 bits per heavy atom. The van der Waals surface area contributed by atoms with Crippen LogP contribution < -0.4 is 10.1 Å². The number of halogens is 6. The van der Waals surface area contributed by atoms with Gasteiger partial charge in [0.15, 0.2) is 0 Å². The van der Waals surface area contributed by atoms with Gasteiger partial charge in [-0.3, -0.25) is 14.7 Å². The molecule has 2 aliphatic rings. The maximum atomic E-state index is 12.1. The minimum absolute atomic E-state index is 0.0991. The zero-order valence-corrected chi connectivity index (χ0v) is 21.8. The zero-order valence-electron chi connectivity index (χ0n) is 21.8. The summed E-state index contributed by atoms with van der Waals surface area (Å²) in [7, 11) is 1.71. The monoisotopic (exact) mass is 593 g/mol. The number of alkyl halides is 6. The quantitative estimate of drug-likeness (QED) is 0.446. The van der Waals surface area contributed by atoms with Crippen molar-refractivity contribution >= 4 is 17.8 Å². The van der Waals surface area contributed by atoms with Crippen molar-refractivity contribution < 1.29 is 55.7 Å². The lowest BCUT2D eigenvalue weighted by Crippen LogP contribution is -2.50. The van der Waals surface area contributed by atoms with Crippen LogP contribution in [0.4, 0.5) is 26.3 Å². The molecular weight excluding hydrogens is 564 g/mol. The standard InChI is InChI=1S/C22H27N3O2.2C2HF3O2/c1-23-21(26)14-18-15-22(27-20-5-3-2-4-19(18)20)8-12-25(13-9-22)16-17-6-10-24-11-7-17;2*3-2(4,5)1(6)7/h2-7,10-11,18H,8-9,12-16H2,1H3,(H,23,26);2*(H,6,7). The van der Waals surface area contributed by atoms with Crippen molar-refractivity contribution in [2.45, 2.75) is 56.1 Å². The topological polar surface area (TPSA) is 129 Å². The molecule has 9 nitrogen and oxygen atoms in total. The third-order valence-electron chi connectivity index (χ3n) is 6.42. The number of carboxylic acids is 2. The van der Waals surface area contributed by atoms with Gasteiger partial charge in [-0.2, -0.15) is 26.3 Å². The number of para-hydroxylation sites is 1. The van der Waals surface area contributed by atoms with Gasteiger partial charge in [-0.25, -0.2) is 9.59 Å². The summed E-state index contributed by atoms with van der Waals surface area (Å²) in [5.41, 5.74) is 2.32. The van der Waals surface area contributed by atoms with Gasteiger partial charge in [-0.1, -0.05) is 18.2 Å². The van der Waals surface area contributed by atoms with Crippen LogP contribution in [-0.4, -0.2) is 76.0 Å². The second kappa shape index (κ2) is 14.1. The number of aliphatic carboxylic acids is 2. The smallest absolute Gasteiger partial charge is 0.487 e. The van der Waals surface area contributed by atoms with E-state index < -0.39 is 24.3 Å². The Kier molecular flexibility index (Phi) is 11.5. The predicted octanol–water partition coefficient (Wildman–Crippen LogP) is 4.39. The second-order valence-corrected chi connectivity index (χ2v) is 9.34. The first kappa shape index (κ1) is 33.3. The average Bonchev–Trinajstić information content (AvgIpc) is 2.90. The summed E-state index contributed by atoms with van der Waals surface area (Å²) in [6, 6.07) is 12.4. The highest BCUT2D eigenvalue weighted by Gasteiger charge is 2.43. The largest absolute Gasteiger partial charge is 0.490 e. The summed E-state index contributed by atoms with van der Waals surface area (Å²) < 4.78 is 70.0. The number of rotatable bonds is 4. The van der Waals surface area contributed by atoms with Crippen LogP contribution in [0.15, 0.2) is 48.8 Å². The first-order valence-electron chi connectivity index (χ1n) is 12.3. The molecule has 0 saturated carbocycles. The highest BCUT2D eigenvalue weighted by Crippen LogP contribution is 2.46. The van der Waals surface area contributed by atoms with E-state index in [0.29, 0.717) is 6.42 Å². The molecule has 1 spiro atoms. The number of benzene rings is 1. The van der Waals surface area contributed by atoms with Crippen LogP contribution in [0.3, 0.4) is 0 Å². The van der Waals surface area contributed by atoms with Crippen molar-refractivity contribution in [1.82, 2.24) is 15.2 Å². The number of fused-ring (bicyclic) bond motifs is 1. The van der Waals surface area contributed by atoms with Crippen LogP contribution in [0.1, 0.15) is 42.7 Å². The summed E-state index contributed by atoms with van der Waals surface area (Å²) in [5, 5.41) is 17.0. The molecule has 3 N–H and O–H groups in total. The molecule has 1 amide bonds. The van der Waals surface area contributed by atoms with Gasteiger partial charge >= 0.3 is 24.3 Å². The maximum absolute atomic E-state index is 12.1. The van der Waals surface area contributed by atoms with E-state index in [2.05, 4.69) is 39.5 Å². The number of aromatic nitrogens is 1. The van der Waals surface area contributed by atoms with Crippen molar-refractivity contribution in [3.8, 4) is 5.75 Å². The van der Waals surface area contributed by atoms with Gasteiger partial charge in [-0.15, -0.1) is 0 Å². The number of carbonyl (C=O) groups excluding carboxylic acids is 1. The Labute approximate surface area is 231 Å². The summed E-state index contributed by atoms with van der Waals surface area (Å²) in [4.78, 5) is 36.4. The van der Waals surface area contributed by atoms with E-state index >= 15 is 0 Å². The molecule has 1 atom stereocenters. The molecule has 3 heterocycles. The van der Waals surface area contributed by atoms with Crippen molar-refractivity contribution in [2.75, 3.05) is 20.1 Å². The molecule has 1 saturated heterocycles. The van der Waals surface area contributed by atoms with Gasteiger partial charge in [0.05, 0.1) is 0 Å². The van der Waals surface area contributed by atoms with Gasteiger partial charge in [0.25, 0.3) is 0 Å². The van der Waals surface area contributed by atoms with E-state index in [4.69, 9.17) is 24.5 Å². The fourth-order valence-electron chi connectivity index (χ4n) is 4.42. The number of hydrogen-bond acceptors (Lipinski definition) is 6. The van der Waals surface area contributed by atoms with Gasteiger partial charge in [0.1, 0.15) is 11.4 Å². The lowest BCUT2D eigenvalue weighted by molar-refractivity contribution is -0.193. The molecule has 2 aliphatic heterocycles. The van der Waals surface area contributed by atoms with Crippen LogP contribution >= 0.6 is 0 Å². The molecule has 4 rings (SSSR count). The molecule has 0 radical (unpaired) electrons. The summed E-state index contributed by atoms with van der Waals surface area (Å²) in [6.07, 6.45) is -3.02. The van der Waals surface area contributed by atoms with Crippen molar-refractivity contribution in [3.05, 3.63) is 59.9 Å². The number of ether oxygens (including phenoxy) is 1. The Morgan fingerprint density at radius 1 is 0.976 bits per heavy atom. The van der Waals surface area contributed by atoms with Crippen LogP contribution in [0.5, 0.6) is 5.75 Å². The second-order valence-electron chi connectivity index (χ2n) is 9.34. The Balaban J connectivity index is 0.000000349. The molecule has 1 aromatic carbocycles. The van der Waals surface area contributed by atoms with E-state index in [1.807, 2.05) is 24.5 Å². The number of carbonyl (C=O) groups is 3. The fraction of sp³-hybridized carbons (Fsp3) is 0.462. The maximum Gasteiger partial charge on any atom is 0.490 e. The number of nitrogens with one attached hydrogen (secondary N) is 1. The molecule has 0 bridgehead atoms. The van der Waals surface area contributed by atoms with E-state index in [9.17, 15) is 31.1 Å². The van der Waals surface area contributed by atoms with Crippen molar-refractivity contribution in [3.63, 3.8) is 0 Å². The summed E-state index contributed by atoms with van der Waals surface area (Å²) in [6.45, 7) is 2.98. The SMILES string of the molecule is CNC(=O)CC1CC2(CCN(Cc3ccncc3)CC2)Oc2ccccc21.O=C(O)C(F)(F)F.O=C(O)C(F)(F)F. The Morgan fingerprint density at radius 3 is 1.98 bits per heavy atom. The molecule has 2 aromatic rings. The van der Waals surface area contributed by atoms with Crippen molar-refractivity contribution in [2.24, 2.45) is 0 Å². The average molecular weight is 594 g/mol. The minimum Gasteiger partial charge on any atom is -0.487 e. The molecule has 1 fully saturated rings. The fourth-order valence-corrected chi connectivity index (χ4v) is 4.42. The number of amides is 1. The zero-order chi connectivity index (χ0) is 30.8. The molecule has 15 heteroatoms. The molecule has 226 valence electrons. The minimum atomic E-state index is -5.08. The lowest BCUT2D eigenvalue weighted by atomic mass is 9.76. The summed E-state index contributed by atoms with van der Waals surface area (Å²) in [5.74, 6) is -4.23. The van der Waals surface area contributed by atoms with Gasteiger partial charge in [-0.05, 0) is 48.6 Å². The van der Waals surface area contributed by atoms with Crippen LogP contribution in [0, 0.1) is 0 Å². The Bertz CT molecular complexity index is 1140. The van der Waals surface area contributed by atoms with Crippen LogP contribution in [-0.2, 0) is 20.9 Å². The lowest BCUT2D eigenvalue weighted by Gasteiger charge is -2.47. The van der Waals surface area contributed by atoms with Crippen molar-refractivity contribution in [1.29, 1.82) is 0 Å². The number of nitrogens with zero attached hydrogens (tertiary/aromatic N) is 2. The number of carboxylic acid groups (broad SMARTS) is 2. The molecule has 1 unspecified atom stereocenters. The molecule has 41 heavy (non-hydrogen) atoms. The van der Waals surface area contributed by atoms with Gasteiger partial charge < -0.3 is 20.3 Å². The third kappa shape index (κ3) is 10.6. The highest BCUT2D eigenvalue weighted by molar-refractivity contribution is 5.76. The van der Waals surface area contributed by atoms with E-state index in [-0.39, 0.29) is 17.4 Å².